The minimum absolute atomic E-state index is 0.195. The lowest BCUT2D eigenvalue weighted by Gasteiger charge is -2.25. The van der Waals surface area contributed by atoms with Gasteiger partial charge in [-0.2, -0.15) is 0 Å². The second-order valence-corrected chi connectivity index (χ2v) is 10.1. The lowest BCUT2D eigenvalue weighted by atomic mass is 9.96. The van der Waals surface area contributed by atoms with E-state index < -0.39 is 12.0 Å². The van der Waals surface area contributed by atoms with Gasteiger partial charge in [-0.3, -0.25) is 9.36 Å². The molecule has 0 aliphatic carbocycles. The molecule has 2 aromatic carbocycles. The van der Waals surface area contributed by atoms with Crippen LogP contribution in [-0.2, 0) is 9.53 Å². The van der Waals surface area contributed by atoms with E-state index in [1.165, 1.54) is 11.3 Å². The third kappa shape index (κ3) is 5.39. The minimum atomic E-state index is -0.652. The van der Waals surface area contributed by atoms with Crippen molar-refractivity contribution >= 4 is 29.1 Å². The normalized spacial score (nSPS) is 15.4. The smallest absolute Gasteiger partial charge is 0.338 e. The number of anilines is 1. The Morgan fingerprint density at radius 2 is 1.76 bits per heavy atom. The molecule has 0 amide bonds. The van der Waals surface area contributed by atoms with Crippen molar-refractivity contribution < 1.29 is 14.3 Å². The largest absolute Gasteiger partial charge is 0.497 e. The molecule has 0 bridgehead atoms. The van der Waals surface area contributed by atoms with Crippen LogP contribution in [0.15, 0.2) is 69.6 Å². The Bertz CT molecular complexity index is 1480. The van der Waals surface area contributed by atoms with Crippen molar-refractivity contribution in [2.24, 2.45) is 4.99 Å². The Labute approximate surface area is 221 Å². The summed E-state index contributed by atoms with van der Waals surface area (Å²) in [5.41, 5.74) is 3.57. The van der Waals surface area contributed by atoms with Gasteiger partial charge < -0.3 is 14.4 Å². The number of ether oxygens (including phenoxy) is 2. The number of carbonyl (C=O) groups excluding carboxylic acids is 1. The fraction of sp³-hybridized carbons (Fsp3) is 0.345. The van der Waals surface area contributed by atoms with Crippen molar-refractivity contribution in [1.82, 2.24) is 4.57 Å². The van der Waals surface area contributed by atoms with E-state index in [0.717, 1.165) is 29.9 Å². The van der Waals surface area contributed by atoms with E-state index in [1.807, 2.05) is 42.5 Å². The highest BCUT2D eigenvalue weighted by molar-refractivity contribution is 7.07. The van der Waals surface area contributed by atoms with Crippen LogP contribution in [0.1, 0.15) is 51.8 Å². The van der Waals surface area contributed by atoms with E-state index in [4.69, 9.17) is 9.47 Å². The molecule has 0 saturated heterocycles. The summed E-state index contributed by atoms with van der Waals surface area (Å²) >= 11 is 1.32. The minimum Gasteiger partial charge on any atom is -0.497 e. The Hall–Kier alpha value is -3.65. The standard InChI is InChI=1S/C29H33N3O4S/c1-7-31(8-2)22-13-9-20(10-14-22)17-24-27(33)32-26(21-11-15-23(35-6)16-12-21)25(28(34)36-18(3)4)19(5)30-29(32)37-24/h9-18,26H,7-8H2,1-6H3/b24-17+/t26-/m1/s1. The molecule has 0 spiro atoms. The summed E-state index contributed by atoms with van der Waals surface area (Å²) in [6.45, 7) is 11.5. The average molecular weight is 520 g/mol. The van der Waals surface area contributed by atoms with Crippen LogP contribution in [0.2, 0.25) is 0 Å². The van der Waals surface area contributed by atoms with E-state index in [1.54, 1.807) is 32.4 Å². The van der Waals surface area contributed by atoms with Crippen LogP contribution in [0.4, 0.5) is 5.69 Å². The Morgan fingerprint density at radius 1 is 1.11 bits per heavy atom. The number of carbonyl (C=O) groups is 1. The number of methoxy groups -OCH3 is 1. The van der Waals surface area contributed by atoms with Gasteiger partial charge in [-0.1, -0.05) is 35.6 Å². The number of hydrogen-bond acceptors (Lipinski definition) is 7. The summed E-state index contributed by atoms with van der Waals surface area (Å²) in [7, 11) is 1.60. The molecular formula is C29H33N3O4S. The molecule has 1 atom stereocenters. The molecule has 2 heterocycles. The number of rotatable bonds is 8. The highest BCUT2D eigenvalue weighted by atomic mass is 32.1. The molecule has 1 aliphatic rings. The molecule has 1 aliphatic heterocycles. The summed E-state index contributed by atoms with van der Waals surface area (Å²) in [6.07, 6.45) is 1.58. The van der Waals surface area contributed by atoms with E-state index in [2.05, 4.69) is 35.9 Å². The molecule has 0 N–H and O–H groups in total. The number of fused-ring (bicyclic) bond motifs is 1. The number of aromatic nitrogens is 1. The molecule has 4 rings (SSSR count). The maximum Gasteiger partial charge on any atom is 0.338 e. The molecule has 8 heteroatoms. The monoisotopic (exact) mass is 519 g/mol. The van der Waals surface area contributed by atoms with Crippen molar-refractivity contribution in [2.75, 3.05) is 25.1 Å². The van der Waals surface area contributed by atoms with Crippen LogP contribution in [-0.4, -0.2) is 36.8 Å². The van der Waals surface area contributed by atoms with Gasteiger partial charge in [-0.15, -0.1) is 0 Å². The van der Waals surface area contributed by atoms with Gasteiger partial charge >= 0.3 is 5.97 Å². The van der Waals surface area contributed by atoms with Crippen molar-refractivity contribution in [3.63, 3.8) is 0 Å². The highest BCUT2D eigenvalue weighted by Gasteiger charge is 2.33. The lowest BCUT2D eigenvalue weighted by molar-refractivity contribution is -0.143. The molecule has 3 aromatic rings. The first-order chi connectivity index (χ1) is 17.8. The molecule has 194 valence electrons. The van der Waals surface area contributed by atoms with Gasteiger partial charge in [0, 0.05) is 18.8 Å². The zero-order valence-electron chi connectivity index (χ0n) is 22.1. The predicted octanol–water partition coefficient (Wildman–Crippen LogP) is 4.04. The summed E-state index contributed by atoms with van der Waals surface area (Å²) < 4.78 is 13.0. The van der Waals surface area contributed by atoms with Gasteiger partial charge in [0.25, 0.3) is 5.56 Å². The van der Waals surface area contributed by atoms with Gasteiger partial charge in [0.05, 0.1) is 35.1 Å². The van der Waals surface area contributed by atoms with Crippen LogP contribution in [0.5, 0.6) is 5.75 Å². The van der Waals surface area contributed by atoms with Crippen molar-refractivity contribution in [1.29, 1.82) is 0 Å². The van der Waals surface area contributed by atoms with Crippen LogP contribution in [0.25, 0.3) is 6.08 Å². The Balaban J connectivity index is 1.84. The van der Waals surface area contributed by atoms with Crippen LogP contribution in [0.3, 0.4) is 0 Å². The second-order valence-electron chi connectivity index (χ2n) is 9.07. The van der Waals surface area contributed by atoms with Crippen LogP contribution < -0.4 is 24.5 Å². The lowest BCUT2D eigenvalue weighted by Crippen LogP contribution is -2.40. The zero-order chi connectivity index (χ0) is 26.7. The van der Waals surface area contributed by atoms with Gasteiger partial charge in [0.1, 0.15) is 5.75 Å². The number of esters is 1. The van der Waals surface area contributed by atoms with Gasteiger partial charge in [0.15, 0.2) is 4.80 Å². The number of hydrogen-bond donors (Lipinski definition) is 0. The molecule has 37 heavy (non-hydrogen) atoms. The van der Waals surface area contributed by atoms with Gasteiger partial charge in [-0.05, 0) is 76.1 Å². The van der Waals surface area contributed by atoms with Crippen molar-refractivity contribution in [3.05, 3.63) is 90.6 Å². The van der Waals surface area contributed by atoms with E-state index in [9.17, 15) is 9.59 Å². The fourth-order valence-electron chi connectivity index (χ4n) is 4.48. The van der Waals surface area contributed by atoms with Crippen LogP contribution in [0, 0.1) is 0 Å². The topological polar surface area (TPSA) is 73.1 Å². The third-order valence-corrected chi connectivity index (χ3v) is 7.32. The first-order valence-corrected chi connectivity index (χ1v) is 13.3. The maximum absolute atomic E-state index is 13.8. The molecule has 0 unspecified atom stereocenters. The van der Waals surface area contributed by atoms with Crippen LogP contribution >= 0.6 is 11.3 Å². The number of nitrogens with zero attached hydrogens (tertiary/aromatic N) is 3. The van der Waals surface area contributed by atoms with Gasteiger partial charge in [-0.25, -0.2) is 9.79 Å². The number of allylic oxidation sites excluding steroid dienone is 1. The van der Waals surface area contributed by atoms with Crippen molar-refractivity contribution in [3.8, 4) is 5.75 Å². The first-order valence-electron chi connectivity index (χ1n) is 12.5. The number of thiazole rings is 1. The van der Waals surface area contributed by atoms with Gasteiger partial charge in [0.2, 0.25) is 0 Å². The summed E-state index contributed by atoms with van der Waals surface area (Å²) in [5, 5.41) is 0. The maximum atomic E-state index is 13.8. The summed E-state index contributed by atoms with van der Waals surface area (Å²) in [5.74, 6) is 0.217. The van der Waals surface area contributed by atoms with E-state index in [0.29, 0.717) is 26.4 Å². The molecule has 0 fully saturated rings. The molecule has 0 radical (unpaired) electrons. The number of benzene rings is 2. The average Bonchev–Trinajstić information content (AvgIpc) is 3.18. The fourth-order valence-corrected chi connectivity index (χ4v) is 5.53. The Kier molecular flexibility index (Phi) is 7.97. The van der Waals surface area contributed by atoms with E-state index >= 15 is 0 Å². The second kappa shape index (κ2) is 11.2. The molecule has 1 aromatic heterocycles. The summed E-state index contributed by atoms with van der Waals surface area (Å²) in [4.78, 5) is 34.4. The predicted molar refractivity (Wildman–Crippen MR) is 148 cm³/mol. The Morgan fingerprint density at radius 3 is 2.32 bits per heavy atom. The quantitative estimate of drug-likeness (QED) is 0.420. The summed E-state index contributed by atoms with van der Waals surface area (Å²) in [6, 6.07) is 14.9. The highest BCUT2D eigenvalue weighted by Crippen LogP contribution is 2.31. The van der Waals surface area contributed by atoms with Crippen molar-refractivity contribution in [2.45, 2.75) is 46.8 Å². The molecule has 7 nitrogen and oxygen atoms in total. The molecule has 0 saturated carbocycles. The zero-order valence-corrected chi connectivity index (χ0v) is 23.0. The first kappa shape index (κ1) is 26.4. The third-order valence-electron chi connectivity index (χ3n) is 6.34. The SMILES string of the molecule is CCN(CC)c1ccc(/C=c2/sc3n(c2=O)[C@H](c2ccc(OC)cc2)C(C(=O)OC(C)C)=C(C)N=3)cc1. The van der Waals surface area contributed by atoms with E-state index in [-0.39, 0.29) is 11.7 Å². The molecular weight excluding hydrogens is 486 g/mol.